The summed E-state index contributed by atoms with van der Waals surface area (Å²) in [5, 5.41) is 14.2. The molecule has 0 saturated heterocycles. The summed E-state index contributed by atoms with van der Waals surface area (Å²) >= 11 is 11.7. The van der Waals surface area contributed by atoms with Gasteiger partial charge in [-0.05, 0) is 32.0 Å². The van der Waals surface area contributed by atoms with Gasteiger partial charge in [0.25, 0.3) is 0 Å². The maximum absolute atomic E-state index is 11.2. The van der Waals surface area contributed by atoms with E-state index >= 15 is 0 Å². The Hall–Kier alpha value is -1.72. The summed E-state index contributed by atoms with van der Waals surface area (Å²) in [6, 6.07) is 5.33. The minimum Gasteiger partial charge on any atom is -0.494 e. The third kappa shape index (κ3) is 2.59. The van der Waals surface area contributed by atoms with E-state index in [4.69, 9.17) is 27.9 Å². The van der Waals surface area contributed by atoms with Crippen molar-refractivity contribution < 1.29 is 9.66 Å². The molecule has 20 heavy (non-hydrogen) atoms. The second kappa shape index (κ2) is 5.73. The Morgan fingerprint density at radius 1 is 1.45 bits per heavy atom. The Morgan fingerprint density at radius 3 is 2.70 bits per heavy atom. The second-order valence-corrected chi connectivity index (χ2v) is 5.04. The average Bonchev–Trinajstić information content (AvgIpc) is 2.36. The van der Waals surface area contributed by atoms with E-state index in [0.29, 0.717) is 23.6 Å². The highest BCUT2D eigenvalue weighted by Gasteiger charge is 2.32. The molecule has 0 aliphatic carbocycles. The molecular weight excluding hydrogens is 303 g/mol. The molecule has 1 heterocycles. The number of rotatable bonds is 4. The standard InChI is InChI=1S/C13H12Cl2N2O3/c1-3-20-8-4-5-10-9(6-8)12(16-10)13(17(18)19)11(15)7(2)14/h4-6,16H,3H2,1-2H3/b11-7-,13-12-. The predicted octanol–water partition coefficient (Wildman–Crippen LogP) is 4.17. The number of halogens is 2. The molecule has 1 aliphatic rings. The molecule has 0 aromatic heterocycles. The van der Waals surface area contributed by atoms with E-state index in [1.165, 1.54) is 6.92 Å². The number of fused-ring (bicyclic) bond motifs is 1. The van der Waals surface area contributed by atoms with Gasteiger partial charge in [0.15, 0.2) is 0 Å². The van der Waals surface area contributed by atoms with Crippen molar-refractivity contribution in [3.8, 4) is 5.75 Å². The van der Waals surface area contributed by atoms with Gasteiger partial charge in [0.2, 0.25) is 0 Å². The third-order valence-corrected chi connectivity index (χ3v) is 3.51. The highest BCUT2D eigenvalue weighted by Crippen LogP contribution is 2.42. The minimum absolute atomic E-state index is 0.0772. The number of allylic oxidation sites excluding steroid dienone is 2. The first-order valence-electron chi connectivity index (χ1n) is 5.90. The molecule has 2 rings (SSSR count). The Kier molecular flexibility index (Phi) is 4.20. The maximum Gasteiger partial charge on any atom is 0.312 e. The highest BCUT2D eigenvalue weighted by atomic mass is 35.5. The summed E-state index contributed by atoms with van der Waals surface area (Å²) in [4.78, 5) is 10.7. The Morgan fingerprint density at radius 2 is 2.15 bits per heavy atom. The lowest BCUT2D eigenvalue weighted by atomic mass is 9.99. The monoisotopic (exact) mass is 314 g/mol. The molecule has 5 nitrogen and oxygen atoms in total. The van der Waals surface area contributed by atoms with Gasteiger partial charge in [-0.15, -0.1) is 0 Å². The van der Waals surface area contributed by atoms with E-state index in [9.17, 15) is 10.1 Å². The third-order valence-electron chi connectivity index (χ3n) is 2.76. The fourth-order valence-electron chi connectivity index (χ4n) is 1.87. The molecular formula is C13H12Cl2N2O3. The van der Waals surface area contributed by atoms with Crippen LogP contribution in [0.2, 0.25) is 0 Å². The van der Waals surface area contributed by atoms with Gasteiger partial charge in [0, 0.05) is 16.3 Å². The van der Waals surface area contributed by atoms with E-state index in [1.54, 1.807) is 18.2 Å². The predicted molar refractivity (Wildman–Crippen MR) is 79.6 cm³/mol. The molecule has 0 atom stereocenters. The summed E-state index contributed by atoms with van der Waals surface area (Å²) in [6.45, 7) is 3.90. The summed E-state index contributed by atoms with van der Waals surface area (Å²) < 4.78 is 5.38. The molecule has 1 N–H and O–H groups in total. The first-order chi connectivity index (χ1) is 9.45. The van der Waals surface area contributed by atoms with Crippen molar-refractivity contribution in [2.75, 3.05) is 11.9 Å². The molecule has 0 bridgehead atoms. The van der Waals surface area contributed by atoms with E-state index < -0.39 is 4.92 Å². The molecule has 1 aromatic carbocycles. The van der Waals surface area contributed by atoms with Crippen LogP contribution in [0.1, 0.15) is 19.4 Å². The molecule has 0 unspecified atom stereocenters. The number of anilines is 1. The number of ether oxygens (including phenoxy) is 1. The molecule has 0 spiro atoms. The number of nitrogens with one attached hydrogen (secondary N) is 1. The summed E-state index contributed by atoms with van der Waals surface area (Å²) in [6.07, 6.45) is 0. The largest absolute Gasteiger partial charge is 0.494 e. The van der Waals surface area contributed by atoms with Gasteiger partial charge in [-0.2, -0.15) is 0 Å². The fourth-order valence-corrected chi connectivity index (χ4v) is 2.12. The number of hydrogen-bond donors (Lipinski definition) is 1. The van der Waals surface area contributed by atoms with Crippen molar-refractivity contribution >= 4 is 34.6 Å². The van der Waals surface area contributed by atoms with Crippen molar-refractivity contribution in [2.45, 2.75) is 13.8 Å². The zero-order valence-corrected chi connectivity index (χ0v) is 12.4. The Bertz CT molecular complexity index is 635. The maximum atomic E-state index is 11.2. The number of nitro groups is 1. The van der Waals surface area contributed by atoms with Gasteiger partial charge in [-0.25, -0.2) is 0 Å². The topological polar surface area (TPSA) is 64.4 Å². The molecule has 0 saturated carbocycles. The molecule has 0 amide bonds. The molecule has 0 radical (unpaired) electrons. The normalized spacial score (nSPS) is 16.4. The van der Waals surface area contributed by atoms with Crippen LogP contribution in [0.3, 0.4) is 0 Å². The first-order valence-corrected chi connectivity index (χ1v) is 6.66. The number of benzene rings is 1. The van der Waals surface area contributed by atoms with Crippen molar-refractivity contribution in [1.82, 2.24) is 0 Å². The zero-order chi connectivity index (χ0) is 14.9. The Balaban J connectivity index is 2.53. The molecule has 1 aliphatic heterocycles. The van der Waals surface area contributed by atoms with Crippen LogP contribution in [0.25, 0.3) is 5.70 Å². The number of nitrogens with zero attached hydrogens (tertiary/aromatic N) is 1. The quantitative estimate of drug-likeness (QED) is 0.669. The zero-order valence-electron chi connectivity index (χ0n) is 10.9. The molecule has 1 aromatic rings. The van der Waals surface area contributed by atoms with Gasteiger partial charge in [-0.1, -0.05) is 23.2 Å². The van der Waals surface area contributed by atoms with Gasteiger partial charge in [0.1, 0.15) is 16.5 Å². The highest BCUT2D eigenvalue weighted by molar-refractivity contribution is 6.40. The van der Waals surface area contributed by atoms with Gasteiger partial charge in [0.05, 0.1) is 11.5 Å². The lowest BCUT2D eigenvalue weighted by molar-refractivity contribution is -0.418. The van der Waals surface area contributed by atoms with Gasteiger partial charge in [-0.3, -0.25) is 10.1 Å². The van der Waals surface area contributed by atoms with E-state index in [0.717, 1.165) is 5.69 Å². The molecule has 7 heteroatoms. The summed E-state index contributed by atoms with van der Waals surface area (Å²) in [7, 11) is 0. The first kappa shape index (κ1) is 14.7. The van der Waals surface area contributed by atoms with Crippen molar-refractivity contribution in [3.05, 3.63) is 49.6 Å². The van der Waals surface area contributed by atoms with Crippen LogP contribution < -0.4 is 10.1 Å². The van der Waals surface area contributed by atoms with E-state index in [1.807, 2.05) is 6.92 Å². The van der Waals surface area contributed by atoms with Crippen LogP contribution in [0.5, 0.6) is 5.75 Å². The van der Waals surface area contributed by atoms with Crippen LogP contribution in [-0.4, -0.2) is 11.5 Å². The van der Waals surface area contributed by atoms with E-state index in [2.05, 4.69) is 5.32 Å². The van der Waals surface area contributed by atoms with Gasteiger partial charge < -0.3 is 10.1 Å². The van der Waals surface area contributed by atoms with Crippen molar-refractivity contribution in [1.29, 1.82) is 0 Å². The van der Waals surface area contributed by atoms with Crippen LogP contribution in [0.15, 0.2) is 34.0 Å². The van der Waals surface area contributed by atoms with Crippen LogP contribution in [-0.2, 0) is 0 Å². The lowest BCUT2D eigenvalue weighted by Gasteiger charge is -2.25. The van der Waals surface area contributed by atoms with Gasteiger partial charge >= 0.3 is 5.70 Å². The molecule has 0 fully saturated rings. The molecule has 106 valence electrons. The Labute approximate surface area is 126 Å². The lowest BCUT2D eigenvalue weighted by Crippen LogP contribution is -2.18. The summed E-state index contributed by atoms with van der Waals surface area (Å²) in [5.41, 5.74) is 1.59. The SMILES string of the molecule is CCOc1ccc2c(c1)/C(=C(\C(Cl)=C(/C)Cl)[N+](=O)[O-])N2. The van der Waals surface area contributed by atoms with Crippen LogP contribution in [0, 0.1) is 10.1 Å². The second-order valence-electron chi connectivity index (χ2n) is 4.09. The number of hydrogen-bond acceptors (Lipinski definition) is 4. The smallest absolute Gasteiger partial charge is 0.312 e. The minimum atomic E-state index is -0.549. The van der Waals surface area contributed by atoms with E-state index in [-0.39, 0.29) is 15.8 Å². The fraction of sp³-hybridized carbons (Fsp3) is 0.231. The van der Waals surface area contributed by atoms with Crippen molar-refractivity contribution in [2.24, 2.45) is 0 Å². The van der Waals surface area contributed by atoms with Crippen molar-refractivity contribution in [3.63, 3.8) is 0 Å². The summed E-state index contributed by atoms with van der Waals surface area (Å²) in [5.74, 6) is 0.649. The van der Waals surface area contributed by atoms with Crippen LogP contribution in [0.4, 0.5) is 5.69 Å². The average molecular weight is 315 g/mol. The van der Waals surface area contributed by atoms with Crippen LogP contribution >= 0.6 is 23.2 Å².